The maximum Gasteiger partial charge on any atom is 0.280 e. The first-order valence-electron chi connectivity index (χ1n) is 9.33. The molecule has 4 rings (SSSR count). The van der Waals surface area contributed by atoms with Crippen LogP contribution in [0.15, 0.2) is 39.3 Å². The van der Waals surface area contributed by atoms with E-state index in [2.05, 4.69) is 25.2 Å². The molecule has 12 nitrogen and oxygen atoms in total. The molecule has 1 aliphatic heterocycles. The molecule has 4 atom stereocenters. The smallest absolute Gasteiger partial charge is 0.280 e. The van der Waals surface area contributed by atoms with Crippen molar-refractivity contribution in [2.75, 3.05) is 12.3 Å². The van der Waals surface area contributed by atoms with E-state index in [-0.39, 0.29) is 23.1 Å². The number of nitrogens with two attached hydrogens (primary N) is 1. The summed E-state index contributed by atoms with van der Waals surface area (Å²) in [5.41, 5.74) is 6.65. The summed E-state index contributed by atoms with van der Waals surface area (Å²) >= 11 is 0. The van der Waals surface area contributed by atoms with E-state index < -0.39 is 36.7 Å². The Balaban J connectivity index is 1.82. The number of hydrogen-bond acceptors (Lipinski definition) is 10. The van der Waals surface area contributed by atoms with Crippen LogP contribution in [0.4, 0.5) is 17.6 Å². The van der Waals surface area contributed by atoms with Gasteiger partial charge in [-0.05, 0) is 24.1 Å². The van der Waals surface area contributed by atoms with Crippen molar-refractivity contribution < 1.29 is 20.1 Å². The summed E-state index contributed by atoms with van der Waals surface area (Å²) in [5, 5.41) is 38.2. The summed E-state index contributed by atoms with van der Waals surface area (Å²) in [5.74, 6) is -0.248. The first kappa shape index (κ1) is 20.1. The zero-order valence-electron chi connectivity index (χ0n) is 16.0. The Morgan fingerprint density at radius 2 is 1.93 bits per heavy atom. The van der Waals surface area contributed by atoms with Gasteiger partial charge in [0, 0.05) is 0 Å². The molecule has 30 heavy (non-hydrogen) atoms. The number of benzene rings is 1. The molecule has 3 heterocycles. The summed E-state index contributed by atoms with van der Waals surface area (Å²) < 4.78 is 6.80. The highest BCUT2D eigenvalue weighted by atomic mass is 16.6. The van der Waals surface area contributed by atoms with Crippen LogP contribution in [0.5, 0.6) is 0 Å². The lowest BCUT2D eigenvalue weighted by Gasteiger charge is -2.17. The van der Waals surface area contributed by atoms with Crippen molar-refractivity contribution in [1.82, 2.24) is 19.5 Å². The molecule has 0 spiro atoms. The second-order valence-corrected chi connectivity index (χ2v) is 6.85. The Kier molecular flexibility index (Phi) is 5.30. The van der Waals surface area contributed by atoms with Gasteiger partial charge in [0.05, 0.1) is 12.3 Å². The lowest BCUT2D eigenvalue weighted by Crippen LogP contribution is -2.33. The van der Waals surface area contributed by atoms with Crippen LogP contribution in [0.1, 0.15) is 18.7 Å². The number of ether oxygens (including phenoxy) is 1. The molecular formula is C18H21N7O5. The molecule has 0 amide bonds. The van der Waals surface area contributed by atoms with Crippen molar-refractivity contribution in [3.8, 4) is 0 Å². The number of fused-ring (bicyclic) bond motifs is 1. The number of aryl methyl sites for hydroxylation is 1. The van der Waals surface area contributed by atoms with Crippen molar-refractivity contribution in [2.24, 2.45) is 10.2 Å². The molecule has 1 aliphatic rings. The number of rotatable bonds is 5. The van der Waals surface area contributed by atoms with E-state index in [1.165, 1.54) is 4.57 Å². The van der Waals surface area contributed by atoms with E-state index in [1.807, 2.05) is 19.1 Å². The fourth-order valence-electron chi connectivity index (χ4n) is 3.29. The molecule has 158 valence electrons. The number of hydrogen-bond donors (Lipinski definition) is 5. The van der Waals surface area contributed by atoms with Crippen LogP contribution in [-0.2, 0) is 11.2 Å². The first-order chi connectivity index (χ1) is 14.4. The van der Waals surface area contributed by atoms with E-state index in [0.29, 0.717) is 5.69 Å². The number of nitrogen functional groups attached to an aromatic ring is 1. The van der Waals surface area contributed by atoms with Gasteiger partial charge in [0.2, 0.25) is 5.95 Å². The van der Waals surface area contributed by atoms with Gasteiger partial charge in [-0.2, -0.15) is 4.98 Å². The number of imidazole rings is 1. The van der Waals surface area contributed by atoms with E-state index in [9.17, 15) is 20.1 Å². The molecule has 0 unspecified atom stereocenters. The molecule has 0 saturated carbocycles. The van der Waals surface area contributed by atoms with Gasteiger partial charge in [-0.3, -0.25) is 14.3 Å². The zero-order valence-corrected chi connectivity index (χ0v) is 16.0. The Morgan fingerprint density at radius 1 is 1.20 bits per heavy atom. The summed E-state index contributed by atoms with van der Waals surface area (Å²) in [6.07, 6.45) is -4.16. The average molecular weight is 415 g/mol. The number of aliphatic hydroxyl groups is 3. The SMILES string of the molecule is CCc1ccc(/N=N/c2nc3c(=O)[nH]c(N)nc3n2[C@@H]2O[C@H](CO)[C@@H](O)[C@H]2O)cc1. The minimum Gasteiger partial charge on any atom is -0.394 e. The summed E-state index contributed by atoms with van der Waals surface area (Å²) in [6.45, 7) is 1.52. The van der Waals surface area contributed by atoms with Crippen LogP contribution in [-0.4, -0.2) is 59.8 Å². The van der Waals surface area contributed by atoms with Gasteiger partial charge in [-0.1, -0.05) is 19.1 Å². The maximum absolute atomic E-state index is 12.3. The van der Waals surface area contributed by atoms with Crippen molar-refractivity contribution in [3.05, 3.63) is 40.2 Å². The second kappa shape index (κ2) is 7.91. The fourth-order valence-corrected chi connectivity index (χ4v) is 3.29. The maximum atomic E-state index is 12.3. The number of anilines is 1. The number of nitrogens with zero attached hydrogens (tertiary/aromatic N) is 5. The molecule has 1 aromatic carbocycles. The first-order valence-corrected chi connectivity index (χ1v) is 9.33. The number of aromatic amines is 1. The Bertz CT molecular complexity index is 1140. The highest BCUT2D eigenvalue weighted by Gasteiger charge is 2.45. The van der Waals surface area contributed by atoms with Crippen LogP contribution < -0.4 is 11.3 Å². The summed E-state index contributed by atoms with van der Waals surface area (Å²) in [6, 6.07) is 7.39. The number of nitrogens with one attached hydrogen (secondary N) is 1. The largest absolute Gasteiger partial charge is 0.394 e. The van der Waals surface area contributed by atoms with Crippen molar-refractivity contribution >= 4 is 28.7 Å². The van der Waals surface area contributed by atoms with Crippen molar-refractivity contribution in [2.45, 2.75) is 37.9 Å². The summed E-state index contributed by atoms with van der Waals surface area (Å²) in [4.78, 5) is 22.9. The minimum absolute atomic E-state index is 0.00127. The van der Waals surface area contributed by atoms with E-state index in [4.69, 9.17) is 10.5 Å². The third-order valence-corrected chi connectivity index (χ3v) is 4.92. The van der Waals surface area contributed by atoms with Gasteiger partial charge in [-0.15, -0.1) is 10.2 Å². The van der Waals surface area contributed by atoms with Crippen LogP contribution in [0.2, 0.25) is 0 Å². The van der Waals surface area contributed by atoms with Crippen LogP contribution in [0.3, 0.4) is 0 Å². The highest BCUT2D eigenvalue weighted by molar-refractivity contribution is 5.74. The minimum atomic E-state index is -1.43. The predicted molar refractivity (Wildman–Crippen MR) is 106 cm³/mol. The Hall–Kier alpha value is -3.19. The van der Waals surface area contributed by atoms with Crippen LogP contribution >= 0.6 is 0 Å². The molecule has 0 bridgehead atoms. The number of H-pyrrole nitrogens is 1. The third-order valence-electron chi connectivity index (χ3n) is 4.92. The molecule has 0 aliphatic carbocycles. The quantitative estimate of drug-likeness (QED) is 0.368. The second-order valence-electron chi connectivity index (χ2n) is 6.85. The van der Waals surface area contributed by atoms with Gasteiger partial charge >= 0.3 is 0 Å². The van der Waals surface area contributed by atoms with Crippen LogP contribution in [0.25, 0.3) is 11.2 Å². The van der Waals surface area contributed by atoms with E-state index in [1.54, 1.807) is 12.1 Å². The fraction of sp³-hybridized carbons (Fsp3) is 0.389. The number of aliphatic hydroxyl groups excluding tert-OH is 3. The van der Waals surface area contributed by atoms with E-state index >= 15 is 0 Å². The molecule has 0 radical (unpaired) electrons. The molecule has 3 aromatic rings. The number of aromatic nitrogens is 4. The molecular weight excluding hydrogens is 394 g/mol. The predicted octanol–water partition coefficient (Wildman–Crippen LogP) is 0.291. The third kappa shape index (κ3) is 3.45. The lowest BCUT2D eigenvalue weighted by molar-refractivity contribution is -0.0503. The Morgan fingerprint density at radius 3 is 2.57 bits per heavy atom. The highest BCUT2D eigenvalue weighted by Crippen LogP contribution is 2.35. The average Bonchev–Trinajstić information content (AvgIpc) is 3.24. The molecule has 6 N–H and O–H groups in total. The topological polar surface area (TPSA) is 184 Å². The number of azo groups is 1. The van der Waals surface area contributed by atoms with Crippen molar-refractivity contribution in [1.29, 1.82) is 0 Å². The monoisotopic (exact) mass is 415 g/mol. The molecule has 1 saturated heterocycles. The zero-order chi connectivity index (χ0) is 21.4. The molecule has 2 aromatic heterocycles. The molecule has 12 heteroatoms. The van der Waals surface area contributed by atoms with Gasteiger partial charge in [0.25, 0.3) is 11.5 Å². The Labute approximate surface area is 169 Å². The van der Waals surface area contributed by atoms with Gasteiger partial charge in [0.1, 0.15) is 18.3 Å². The van der Waals surface area contributed by atoms with Gasteiger partial charge < -0.3 is 25.8 Å². The lowest BCUT2D eigenvalue weighted by atomic mass is 10.1. The van der Waals surface area contributed by atoms with Gasteiger partial charge in [0.15, 0.2) is 17.4 Å². The van der Waals surface area contributed by atoms with Gasteiger partial charge in [-0.25, -0.2) is 4.98 Å². The van der Waals surface area contributed by atoms with Crippen molar-refractivity contribution in [3.63, 3.8) is 0 Å². The van der Waals surface area contributed by atoms with Crippen LogP contribution in [0, 0.1) is 0 Å². The van der Waals surface area contributed by atoms with E-state index in [0.717, 1.165) is 12.0 Å². The summed E-state index contributed by atoms with van der Waals surface area (Å²) in [7, 11) is 0. The normalized spacial score (nSPS) is 24.3. The molecule has 1 fully saturated rings. The standard InChI is InChI=1S/C18H21N7O5/c1-2-8-3-5-9(6-4-8)23-24-18-20-11-14(21-17(19)22-15(11)29)25(18)16-13(28)12(27)10(7-26)30-16/h3-6,10,12-13,16,26-28H,2,7H2,1H3,(H3,19,21,22,29)/b24-23+/t10-,12-,13-,16-/m1/s1.